The minimum absolute atomic E-state index is 0.101. The summed E-state index contributed by atoms with van der Waals surface area (Å²) in [6.45, 7) is -2.85. The van der Waals surface area contributed by atoms with Crippen molar-refractivity contribution in [3.63, 3.8) is 0 Å². The molecule has 94 valence electrons. The first-order valence-electron chi connectivity index (χ1n) is 5.31. The Morgan fingerprint density at radius 1 is 1.00 bits per heavy atom. The van der Waals surface area contributed by atoms with Crippen molar-refractivity contribution in [2.75, 3.05) is 11.1 Å². The Balaban J connectivity index is 2.20. The van der Waals surface area contributed by atoms with E-state index in [0.29, 0.717) is 11.4 Å². The molecule has 3 N–H and O–H groups in total. The van der Waals surface area contributed by atoms with Gasteiger partial charge in [-0.15, -0.1) is 0 Å². The van der Waals surface area contributed by atoms with Crippen molar-refractivity contribution in [3.05, 3.63) is 48.5 Å². The van der Waals surface area contributed by atoms with Gasteiger partial charge in [0.05, 0.1) is 5.69 Å². The second kappa shape index (κ2) is 5.35. The summed E-state index contributed by atoms with van der Waals surface area (Å²) in [5.74, 6) is 0.101. The van der Waals surface area contributed by atoms with E-state index in [4.69, 9.17) is 5.73 Å². The SMILES string of the molecule is Nc1ccc(Nc2ccccc2OC(F)F)cc1. The third kappa shape index (κ3) is 3.10. The van der Waals surface area contributed by atoms with E-state index in [1.807, 2.05) is 0 Å². The quantitative estimate of drug-likeness (QED) is 0.815. The zero-order chi connectivity index (χ0) is 13.0. The van der Waals surface area contributed by atoms with Crippen LogP contribution in [0.5, 0.6) is 5.75 Å². The van der Waals surface area contributed by atoms with Gasteiger partial charge in [0.25, 0.3) is 0 Å². The Morgan fingerprint density at radius 3 is 2.33 bits per heavy atom. The maximum Gasteiger partial charge on any atom is 0.387 e. The van der Waals surface area contributed by atoms with Gasteiger partial charge in [-0.25, -0.2) is 0 Å². The Morgan fingerprint density at radius 2 is 1.67 bits per heavy atom. The van der Waals surface area contributed by atoms with E-state index >= 15 is 0 Å². The third-order valence-electron chi connectivity index (χ3n) is 2.29. The lowest BCUT2D eigenvalue weighted by molar-refractivity contribution is -0.0493. The lowest BCUT2D eigenvalue weighted by Gasteiger charge is -2.12. The second-order valence-electron chi connectivity index (χ2n) is 3.62. The van der Waals surface area contributed by atoms with Gasteiger partial charge in [0.2, 0.25) is 0 Å². The molecule has 2 aromatic carbocycles. The van der Waals surface area contributed by atoms with E-state index in [9.17, 15) is 8.78 Å². The number of alkyl halides is 2. The van der Waals surface area contributed by atoms with Gasteiger partial charge in [-0.2, -0.15) is 8.78 Å². The van der Waals surface area contributed by atoms with Crippen LogP contribution in [0.1, 0.15) is 0 Å². The molecule has 0 unspecified atom stereocenters. The van der Waals surface area contributed by atoms with Crippen molar-refractivity contribution in [3.8, 4) is 5.75 Å². The highest BCUT2D eigenvalue weighted by molar-refractivity contribution is 5.67. The number of para-hydroxylation sites is 2. The van der Waals surface area contributed by atoms with Crippen LogP contribution < -0.4 is 15.8 Å². The van der Waals surface area contributed by atoms with Crippen LogP contribution >= 0.6 is 0 Å². The summed E-state index contributed by atoms with van der Waals surface area (Å²) in [4.78, 5) is 0. The molecule has 3 nitrogen and oxygen atoms in total. The predicted octanol–water partition coefficient (Wildman–Crippen LogP) is 3.61. The van der Waals surface area contributed by atoms with Gasteiger partial charge in [0.1, 0.15) is 5.75 Å². The summed E-state index contributed by atoms with van der Waals surface area (Å²) in [5, 5.41) is 2.99. The zero-order valence-corrected chi connectivity index (χ0v) is 9.44. The highest BCUT2D eigenvalue weighted by atomic mass is 19.3. The van der Waals surface area contributed by atoms with Gasteiger partial charge >= 0.3 is 6.61 Å². The molecular weight excluding hydrogens is 238 g/mol. The number of hydrogen-bond donors (Lipinski definition) is 2. The lowest BCUT2D eigenvalue weighted by Crippen LogP contribution is -2.04. The summed E-state index contributed by atoms with van der Waals surface area (Å²) in [5.41, 5.74) is 7.42. The molecular formula is C13H12F2N2O. The van der Waals surface area contributed by atoms with Crippen LogP contribution in [0.25, 0.3) is 0 Å². The van der Waals surface area contributed by atoms with Gasteiger partial charge in [-0.1, -0.05) is 12.1 Å². The van der Waals surface area contributed by atoms with Crippen molar-refractivity contribution < 1.29 is 13.5 Å². The number of anilines is 3. The van der Waals surface area contributed by atoms with E-state index in [0.717, 1.165) is 5.69 Å². The average Bonchev–Trinajstić information content (AvgIpc) is 2.34. The van der Waals surface area contributed by atoms with Crippen LogP contribution in [0.3, 0.4) is 0 Å². The summed E-state index contributed by atoms with van der Waals surface area (Å²) < 4.78 is 28.9. The smallest absolute Gasteiger partial charge is 0.387 e. The van der Waals surface area contributed by atoms with Crippen molar-refractivity contribution in [2.24, 2.45) is 0 Å². The average molecular weight is 250 g/mol. The fourth-order valence-corrected chi connectivity index (χ4v) is 1.49. The molecule has 0 fully saturated rings. The molecule has 2 rings (SSSR count). The van der Waals surface area contributed by atoms with Crippen LogP contribution in [0.15, 0.2) is 48.5 Å². The van der Waals surface area contributed by atoms with Crippen LogP contribution in [-0.2, 0) is 0 Å². The number of halogens is 2. The molecule has 0 radical (unpaired) electrons. The first-order valence-corrected chi connectivity index (χ1v) is 5.31. The Bertz CT molecular complexity index is 515. The van der Waals surface area contributed by atoms with Crippen molar-refractivity contribution in [2.45, 2.75) is 6.61 Å². The van der Waals surface area contributed by atoms with E-state index in [1.165, 1.54) is 6.07 Å². The number of nitrogen functional groups attached to an aromatic ring is 1. The molecule has 0 atom stereocenters. The molecule has 5 heteroatoms. The molecule has 0 aliphatic rings. The summed E-state index contributed by atoms with van der Waals surface area (Å²) in [6.07, 6.45) is 0. The van der Waals surface area contributed by atoms with Gasteiger partial charge < -0.3 is 15.8 Å². The number of rotatable bonds is 4. The highest BCUT2D eigenvalue weighted by Gasteiger charge is 2.08. The molecule has 18 heavy (non-hydrogen) atoms. The molecule has 0 aliphatic heterocycles. The molecule has 0 spiro atoms. The molecule has 0 aliphatic carbocycles. The predicted molar refractivity (Wildman–Crippen MR) is 67.2 cm³/mol. The van der Waals surface area contributed by atoms with Crippen LogP contribution in [0, 0.1) is 0 Å². The maximum absolute atomic E-state index is 12.2. The molecule has 0 aromatic heterocycles. The summed E-state index contributed by atoms with van der Waals surface area (Å²) in [7, 11) is 0. The molecule has 0 amide bonds. The number of ether oxygens (including phenoxy) is 1. The molecule has 0 saturated carbocycles. The van der Waals surface area contributed by atoms with E-state index < -0.39 is 6.61 Å². The van der Waals surface area contributed by atoms with Crippen LogP contribution in [-0.4, -0.2) is 6.61 Å². The summed E-state index contributed by atoms with van der Waals surface area (Å²) >= 11 is 0. The first kappa shape index (κ1) is 12.2. The number of benzene rings is 2. The Kier molecular flexibility index (Phi) is 3.62. The minimum atomic E-state index is -2.85. The van der Waals surface area contributed by atoms with Gasteiger partial charge in [-0.3, -0.25) is 0 Å². The van der Waals surface area contributed by atoms with E-state index in [1.54, 1.807) is 42.5 Å². The fourth-order valence-electron chi connectivity index (χ4n) is 1.49. The Hall–Kier alpha value is -2.30. The monoisotopic (exact) mass is 250 g/mol. The van der Waals surface area contributed by atoms with Gasteiger partial charge in [0.15, 0.2) is 0 Å². The number of nitrogens with two attached hydrogens (primary N) is 1. The van der Waals surface area contributed by atoms with Crippen LogP contribution in [0.4, 0.5) is 25.8 Å². The minimum Gasteiger partial charge on any atom is -0.433 e. The van der Waals surface area contributed by atoms with Gasteiger partial charge in [-0.05, 0) is 36.4 Å². The van der Waals surface area contributed by atoms with Crippen LogP contribution in [0.2, 0.25) is 0 Å². The van der Waals surface area contributed by atoms with Crippen molar-refractivity contribution in [1.82, 2.24) is 0 Å². The van der Waals surface area contributed by atoms with E-state index in [-0.39, 0.29) is 5.75 Å². The van der Waals surface area contributed by atoms with E-state index in [2.05, 4.69) is 10.1 Å². The zero-order valence-electron chi connectivity index (χ0n) is 9.44. The molecule has 0 heterocycles. The lowest BCUT2D eigenvalue weighted by atomic mass is 10.2. The molecule has 2 aromatic rings. The largest absolute Gasteiger partial charge is 0.433 e. The Labute approximate surface area is 103 Å². The van der Waals surface area contributed by atoms with Crippen molar-refractivity contribution >= 4 is 17.1 Å². The third-order valence-corrected chi connectivity index (χ3v) is 2.29. The second-order valence-corrected chi connectivity index (χ2v) is 3.62. The van der Waals surface area contributed by atoms with Crippen molar-refractivity contribution in [1.29, 1.82) is 0 Å². The fraction of sp³-hybridized carbons (Fsp3) is 0.0769. The summed E-state index contributed by atoms with van der Waals surface area (Å²) in [6, 6.07) is 13.5. The highest BCUT2D eigenvalue weighted by Crippen LogP contribution is 2.28. The van der Waals surface area contributed by atoms with Gasteiger partial charge in [0, 0.05) is 11.4 Å². The first-order chi connectivity index (χ1) is 8.65. The maximum atomic E-state index is 12.2. The molecule has 0 saturated heterocycles. The number of hydrogen-bond acceptors (Lipinski definition) is 3. The molecule has 0 bridgehead atoms. The standard InChI is InChI=1S/C13H12F2N2O/c14-13(15)18-12-4-2-1-3-11(12)17-10-7-5-9(16)6-8-10/h1-8,13,17H,16H2. The normalized spacial score (nSPS) is 10.4. The number of nitrogens with one attached hydrogen (secondary N) is 1. The topological polar surface area (TPSA) is 47.3 Å².